The number of methoxy groups -OCH3 is 1. The molecule has 1 fully saturated rings. The molecular formula is C11H17N5O6. The third kappa shape index (κ3) is 3.23. The number of anilines is 1. The molecular weight excluding hydrogens is 298 g/mol. The van der Waals surface area contributed by atoms with Crippen molar-refractivity contribution in [3.05, 3.63) is 16.7 Å². The van der Waals surface area contributed by atoms with E-state index in [1.807, 2.05) is 0 Å². The van der Waals surface area contributed by atoms with Gasteiger partial charge >= 0.3 is 0 Å². The summed E-state index contributed by atoms with van der Waals surface area (Å²) in [6.07, 6.45) is -2.21. The average molecular weight is 315 g/mol. The first kappa shape index (κ1) is 16.3. The van der Waals surface area contributed by atoms with Crippen LogP contribution in [0.25, 0.3) is 11.2 Å². The molecule has 0 amide bonds. The molecule has 0 bridgehead atoms. The standard InChI is InChI=1S/C6H12O5.C5H5N5O/c1-10-5-4(8)3(2-7)11-6(5)9;6-5-9-3-2(4(11)10-5)7-1-8-3/h3-9H,2H2,1H3;1H,(H4,6,7,8,9,10,11)/t3-,4-,5-,6?;/m1./s1. The molecule has 7 N–H and O–H groups in total. The van der Waals surface area contributed by atoms with E-state index in [0.717, 1.165) is 0 Å². The van der Waals surface area contributed by atoms with E-state index in [2.05, 4.69) is 19.9 Å². The predicted molar refractivity (Wildman–Crippen MR) is 73.7 cm³/mol. The number of rotatable bonds is 2. The van der Waals surface area contributed by atoms with Gasteiger partial charge in [0, 0.05) is 7.11 Å². The first-order valence-corrected chi connectivity index (χ1v) is 6.32. The number of nitrogens with one attached hydrogen (secondary N) is 2. The summed E-state index contributed by atoms with van der Waals surface area (Å²) in [5.74, 6) is 0.0783. The van der Waals surface area contributed by atoms with Gasteiger partial charge in [-0.05, 0) is 0 Å². The van der Waals surface area contributed by atoms with Gasteiger partial charge in [-0.25, -0.2) is 4.98 Å². The Kier molecular flexibility index (Phi) is 5.05. The molecule has 122 valence electrons. The number of hydrogen-bond donors (Lipinski definition) is 6. The van der Waals surface area contributed by atoms with Crippen LogP contribution in [0.2, 0.25) is 0 Å². The van der Waals surface area contributed by atoms with Crippen LogP contribution < -0.4 is 11.3 Å². The van der Waals surface area contributed by atoms with Crippen LogP contribution in [0.3, 0.4) is 0 Å². The van der Waals surface area contributed by atoms with Crippen LogP contribution in [-0.4, -0.2) is 73.6 Å². The lowest BCUT2D eigenvalue weighted by Gasteiger charge is -2.14. The van der Waals surface area contributed by atoms with Gasteiger partial charge in [-0.1, -0.05) is 0 Å². The van der Waals surface area contributed by atoms with Crippen molar-refractivity contribution in [3.8, 4) is 0 Å². The molecule has 0 saturated carbocycles. The summed E-state index contributed by atoms with van der Waals surface area (Å²) in [5, 5.41) is 26.9. The third-order valence-electron chi connectivity index (χ3n) is 3.08. The summed E-state index contributed by atoms with van der Waals surface area (Å²) in [6, 6.07) is 0. The number of imidazole rings is 1. The number of aliphatic hydroxyl groups is 3. The minimum absolute atomic E-state index is 0.0783. The van der Waals surface area contributed by atoms with Crippen molar-refractivity contribution < 1.29 is 24.8 Å². The van der Waals surface area contributed by atoms with Gasteiger partial charge in [0.05, 0.1) is 12.9 Å². The smallest absolute Gasteiger partial charge is 0.278 e. The fourth-order valence-electron chi connectivity index (χ4n) is 1.98. The van der Waals surface area contributed by atoms with Crippen molar-refractivity contribution >= 4 is 17.1 Å². The fraction of sp³-hybridized carbons (Fsp3) is 0.545. The van der Waals surface area contributed by atoms with Gasteiger partial charge in [0.15, 0.2) is 17.5 Å². The SMILES string of the molecule is CO[C@H]1C(O)O[C@H](CO)[C@H]1O.Nc1nc2nc[nH]c2c(=O)[nH]1. The Hall–Kier alpha value is -2.05. The Morgan fingerprint density at radius 3 is 2.77 bits per heavy atom. The van der Waals surface area contributed by atoms with E-state index in [0.29, 0.717) is 11.2 Å². The zero-order chi connectivity index (χ0) is 16.3. The maximum absolute atomic E-state index is 11.0. The van der Waals surface area contributed by atoms with Crippen molar-refractivity contribution in [2.24, 2.45) is 0 Å². The van der Waals surface area contributed by atoms with Gasteiger partial charge in [-0.2, -0.15) is 4.98 Å². The molecule has 2 aromatic rings. The number of aromatic nitrogens is 4. The zero-order valence-electron chi connectivity index (χ0n) is 11.6. The number of fused-ring (bicyclic) bond motifs is 1. The van der Waals surface area contributed by atoms with E-state index in [1.165, 1.54) is 13.4 Å². The number of aliphatic hydroxyl groups excluding tert-OH is 3. The van der Waals surface area contributed by atoms with Gasteiger partial charge in [0.25, 0.3) is 5.56 Å². The molecule has 3 rings (SSSR count). The normalized spacial score (nSPS) is 27.6. The molecule has 0 aromatic carbocycles. The first-order valence-electron chi connectivity index (χ1n) is 6.32. The van der Waals surface area contributed by atoms with Crippen LogP contribution in [0.5, 0.6) is 0 Å². The Morgan fingerprint density at radius 2 is 2.23 bits per heavy atom. The summed E-state index contributed by atoms with van der Waals surface area (Å²) >= 11 is 0. The van der Waals surface area contributed by atoms with Gasteiger partial charge in [-0.15, -0.1) is 0 Å². The van der Waals surface area contributed by atoms with E-state index in [1.54, 1.807) is 0 Å². The second-order valence-electron chi connectivity index (χ2n) is 4.49. The monoisotopic (exact) mass is 315 g/mol. The molecule has 0 aliphatic carbocycles. The highest BCUT2D eigenvalue weighted by atomic mass is 16.7. The molecule has 0 spiro atoms. The van der Waals surface area contributed by atoms with E-state index < -0.39 is 24.6 Å². The summed E-state index contributed by atoms with van der Waals surface area (Å²) < 4.78 is 9.49. The topological polar surface area (TPSA) is 180 Å². The highest BCUT2D eigenvalue weighted by Gasteiger charge is 2.42. The fourth-order valence-corrected chi connectivity index (χ4v) is 1.98. The number of nitrogen functional groups attached to an aromatic ring is 1. The summed E-state index contributed by atoms with van der Waals surface area (Å²) in [5.41, 5.74) is 5.65. The number of nitrogens with two attached hydrogens (primary N) is 1. The van der Waals surface area contributed by atoms with E-state index in [-0.39, 0.29) is 18.1 Å². The molecule has 11 heteroatoms. The maximum Gasteiger partial charge on any atom is 0.278 e. The minimum Gasteiger partial charge on any atom is -0.394 e. The van der Waals surface area contributed by atoms with Crippen LogP contribution in [-0.2, 0) is 9.47 Å². The average Bonchev–Trinajstić information content (AvgIpc) is 3.04. The van der Waals surface area contributed by atoms with Crippen molar-refractivity contribution in [2.75, 3.05) is 19.5 Å². The Morgan fingerprint density at radius 1 is 1.50 bits per heavy atom. The number of aromatic amines is 2. The second-order valence-corrected chi connectivity index (χ2v) is 4.49. The minimum atomic E-state index is -1.15. The quantitative estimate of drug-likeness (QED) is 0.343. The highest BCUT2D eigenvalue weighted by molar-refractivity contribution is 5.69. The first-order chi connectivity index (χ1) is 10.5. The van der Waals surface area contributed by atoms with E-state index >= 15 is 0 Å². The van der Waals surface area contributed by atoms with Crippen LogP contribution in [0.4, 0.5) is 5.95 Å². The van der Waals surface area contributed by atoms with Gasteiger partial charge in [0.2, 0.25) is 5.95 Å². The maximum atomic E-state index is 11.0. The zero-order valence-corrected chi connectivity index (χ0v) is 11.6. The summed E-state index contributed by atoms with van der Waals surface area (Å²) in [4.78, 5) is 23.5. The molecule has 1 aliphatic rings. The Labute approximate surface area is 123 Å². The molecule has 2 aromatic heterocycles. The lowest BCUT2D eigenvalue weighted by atomic mass is 10.1. The van der Waals surface area contributed by atoms with E-state index in [9.17, 15) is 9.90 Å². The summed E-state index contributed by atoms with van der Waals surface area (Å²) in [6.45, 7) is -0.321. The molecule has 1 saturated heterocycles. The summed E-state index contributed by atoms with van der Waals surface area (Å²) in [7, 11) is 1.36. The highest BCUT2D eigenvalue weighted by Crippen LogP contribution is 2.21. The van der Waals surface area contributed by atoms with Crippen molar-refractivity contribution in [1.82, 2.24) is 19.9 Å². The molecule has 11 nitrogen and oxygen atoms in total. The number of H-pyrrole nitrogens is 2. The van der Waals surface area contributed by atoms with Crippen LogP contribution in [0.1, 0.15) is 0 Å². The lowest BCUT2D eigenvalue weighted by molar-refractivity contribution is -0.139. The Bertz CT molecular complexity index is 672. The largest absolute Gasteiger partial charge is 0.394 e. The number of nitrogens with zero attached hydrogens (tertiary/aromatic N) is 2. The molecule has 4 atom stereocenters. The Balaban J connectivity index is 0.000000160. The van der Waals surface area contributed by atoms with E-state index in [4.69, 9.17) is 25.4 Å². The van der Waals surface area contributed by atoms with Crippen LogP contribution in [0, 0.1) is 0 Å². The van der Waals surface area contributed by atoms with Gasteiger partial charge in [0.1, 0.15) is 18.3 Å². The molecule has 0 radical (unpaired) electrons. The molecule has 1 unspecified atom stereocenters. The molecule has 1 aliphatic heterocycles. The number of ether oxygens (including phenoxy) is 2. The lowest BCUT2D eigenvalue weighted by Crippen LogP contribution is -2.35. The van der Waals surface area contributed by atoms with Crippen LogP contribution >= 0.6 is 0 Å². The molecule has 3 heterocycles. The van der Waals surface area contributed by atoms with Gasteiger partial charge in [-0.3, -0.25) is 9.78 Å². The third-order valence-corrected chi connectivity index (χ3v) is 3.08. The predicted octanol–water partition coefficient (Wildman–Crippen LogP) is -2.70. The van der Waals surface area contributed by atoms with Crippen molar-refractivity contribution in [2.45, 2.75) is 24.6 Å². The van der Waals surface area contributed by atoms with Gasteiger partial charge < -0.3 is 35.5 Å². The molecule has 22 heavy (non-hydrogen) atoms. The van der Waals surface area contributed by atoms with Crippen LogP contribution in [0.15, 0.2) is 11.1 Å². The van der Waals surface area contributed by atoms with Crippen molar-refractivity contribution in [1.29, 1.82) is 0 Å². The number of hydrogen-bond acceptors (Lipinski definition) is 9. The second kappa shape index (κ2) is 6.81. The van der Waals surface area contributed by atoms with Crippen molar-refractivity contribution in [3.63, 3.8) is 0 Å².